The number of aromatic nitrogens is 3. The van der Waals surface area contributed by atoms with E-state index in [1.165, 1.54) is 0 Å². The molecule has 1 aliphatic rings. The summed E-state index contributed by atoms with van der Waals surface area (Å²) in [6.07, 6.45) is 5.24. The van der Waals surface area contributed by atoms with Crippen molar-refractivity contribution in [2.45, 2.75) is 39.5 Å². The Kier molecular flexibility index (Phi) is 5.58. The van der Waals surface area contributed by atoms with E-state index in [1.807, 2.05) is 43.0 Å². The standard InChI is InChI=1S/C19H25N5O/c1-3-19(25)24-9-5-7-15(12-24)10-16-11-18(21-13-20-16)23-17-8-4-6-14(2)22-17/h4,6,8,11,13,15H,3,5,7,9-10,12H2,1-2H3,(H,20,21,22,23). The van der Waals surface area contributed by atoms with Crippen molar-refractivity contribution in [3.8, 4) is 0 Å². The zero-order chi connectivity index (χ0) is 17.6. The molecule has 1 atom stereocenters. The van der Waals surface area contributed by atoms with E-state index in [0.29, 0.717) is 12.3 Å². The minimum absolute atomic E-state index is 0.250. The lowest BCUT2D eigenvalue weighted by Crippen LogP contribution is -2.40. The van der Waals surface area contributed by atoms with Crippen LogP contribution < -0.4 is 5.32 Å². The molecule has 0 spiro atoms. The number of nitrogens with zero attached hydrogens (tertiary/aromatic N) is 4. The quantitative estimate of drug-likeness (QED) is 0.906. The van der Waals surface area contributed by atoms with Gasteiger partial charge in [0.1, 0.15) is 18.0 Å². The summed E-state index contributed by atoms with van der Waals surface area (Å²) in [5, 5.41) is 3.23. The van der Waals surface area contributed by atoms with Crippen LogP contribution in [0.25, 0.3) is 0 Å². The molecule has 0 aromatic carbocycles. The molecule has 3 rings (SSSR count). The molecule has 0 bridgehead atoms. The summed E-state index contributed by atoms with van der Waals surface area (Å²) in [6.45, 7) is 5.61. The predicted molar refractivity (Wildman–Crippen MR) is 97.6 cm³/mol. The van der Waals surface area contributed by atoms with Gasteiger partial charge in [0.25, 0.3) is 0 Å². The lowest BCUT2D eigenvalue weighted by molar-refractivity contribution is -0.132. The Morgan fingerprint density at radius 2 is 2.20 bits per heavy atom. The second-order valence-corrected chi connectivity index (χ2v) is 6.59. The molecular formula is C19H25N5O. The molecule has 1 aliphatic heterocycles. The van der Waals surface area contributed by atoms with Gasteiger partial charge in [0.05, 0.1) is 0 Å². The maximum Gasteiger partial charge on any atom is 0.222 e. The Morgan fingerprint density at radius 3 is 3.00 bits per heavy atom. The molecule has 2 aromatic rings. The SMILES string of the molecule is CCC(=O)N1CCCC(Cc2cc(Nc3cccc(C)n3)ncn2)C1. The van der Waals surface area contributed by atoms with Crippen molar-refractivity contribution in [3.63, 3.8) is 0 Å². The monoisotopic (exact) mass is 339 g/mol. The maximum absolute atomic E-state index is 11.9. The average molecular weight is 339 g/mol. The van der Waals surface area contributed by atoms with Gasteiger partial charge in [-0.05, 0) is 44.2 Å². The molecule has 0 aliphatic carbocycles. The van der Waals surface area contributed by atoms with E-state index in [4.69, 9.17) is 0 Å². The third kappa shape index (κ3) is 4.75. The number of amides is 1. The van der Waals surface area contributed by atoms with Crippen molar-refractivity contribution < 1.29 is 4.79 Å². The van der Waals surface area contributed by atoms with Crippen molar-refractivity contribution in [1.29, 1.82) is 0 Å². The van der Waals surface area contributed by atoms with Crippen LogP contribution in [-0.2, 0) is 11.2 Å². The van der Waals surface area contributed by atoms with Crippen molar-refractivity contribution in [2.24, 2.45) is 5.92 Å². The average Bonchev–Trinajstić information content (AvgIpc) is 2.61. The first-order valence-electron chi connectivity index (χ1n) is 8.93. The van der Waals surface area contributed by atoms with E-state index in [9.17, 15) is 4.79 Å². The molecule has 1 amide bonds. The summed E-state index contributed by atoms with van der Waals surface area (Å²) in [6, 6.07) is 7.83. The summed E-state index contributed by atoms with van der Waals surface area (Å²) >= 11 is 0. The highest BCUT2D eigenvalue weighted by molar-refractivity contribution is 5.75. The van der Waals surface area contributed by atoms with E-state index >= 15 is 0 Å². The lowest BCUT2D eigenvalue weighted by Gasteiger charge is -2.32. The fourth-order valence-electron chi connectivity index (χ4n) is 3.30. The number of piperidine rings is 1. The normalized spacial score (nSPS) is 17.4. The second-order valence-electron chi connectivity index (χ2n) is 6.59. The van der Waals surface area contributed by atoms with Crippen molar-refractivity contribution in [1.82, 2.24) is 19.9 Å². The third-order valence-corrected chi connectivity index (χ3v) is 4.54. The molecule has 2 aromatic heterocycles. The van der Waals surface area contributed by atoms with Crippen LogP contribution >= 0.6 is 0 Å². The molecule has 3 heterocycles. The van der Waals surface area contributed by atoms with Crippen LogP contribution in [0.1, 0.15) is 37.6 Å². The zero-order valence-corrected chi connectivity index (χ0v) is 14.9. The number of likely N-dealkylation sites (tertiary alicyclic amines) is 1. The van der Waals surface area contributed by atoms with E-state index in [0.717, 1.165) is 55.4 Å². The Hall–Kier alpha value is -2.50. The second kappa shape index (κ2) is 8.05. The van der Waals surface area contributed by atoms with Gasteiger partial charge in [-0.3, -0.25) is 4.79 Å². The minimum atomic E-state index is 0.250. The first kappa shape index (κ1) is 17.3. The molecule has 1 fully saturated rings. The molecule has 6 heteroatoms. The fraction of sp³-hybridized carbons (Fsp3) is 0.474. The number of hydrogen-bond acceptors (Lipinski definition) is 5. The molecular weight excluding hydrogens is 314 g/mol. The maximum atomic E-state index is 11.9. The van der Waals surface area contributed by atoms with Crippen molar-refractivity contribution >= 4 is 17.5 Å². The van der Waals surface area contributed by atoms with Crippen LogP contribution in [0, 0.1) is 12.8 Å². The Balaban J connectivity index is 1.64. The highest BCUT2D eigenvalue weighted by atomic mass is 16.2. The van der Waals surface area contributed by atoms with Gasteiger partial charge in [0.15, 0.2) is 0 Å². The van der Waals surface area contributed by atoms with E-state index < -0.39 is 0 Å². The van der Waals surface area contributed by atoms with E-state index in [1.54, 1.807) is 6.33 Å². The Morgan fingerprint density at radius 1 is 1.32 bits per heavy atom. The van der Waals surface area contributed by atoms with Crippen LogP contribution in [-0.4, -0.2) is 38.8 Å². The minimum Gasteiger partial charge on any atom is -0.342 e. The van der Waals surface area contributed by atoms with Gasteiger partial charge < -0.3 is 10.2 Å². The Labute approximate surface area is 148 Å². The molecule has 6 nitrogen and oxygen atoms in total. The van der Waals surface area contributed by atoms with Gasteiger partial charge in [0, 0.05) is 37.0 Å². The van der Waals surface area contributed by atoms with E-state index in [2.05, 4.69) is 20.3 Å². The van der Waals surface area contributed by atoms with Gasteiger partial charge in [-0.15, -0.1) is 0 Å². The zero-order valence-electron chi connectivity index (χ0n) is 14.9. The van der Waals surface area contributed by atoms with Gasteiger partial charge in [0.2, 0.25) is 5.91 Å². The molecule has 1 saturated heterocycles. The summed E-state index contributed by atoms with van der Waals surface area (Å²) in [5.41, 5.74) is 1.96. The fourth-order valence-corrected chi connectivity index (χ4v) is 3.30. The molecule has 1 N–H and O–H groups in total. The molecule has 0 saturated carbocycles. The molecule has 25 heavy (non-hydrogen) atoms. The highest BCUT2D eigenvalue weighted by Crippen LogP contribution is 2.22. The third-order valence-electron chi connectivity index (χ3n) is 4.54. The number of carbonyl (C=O) groups excluding carboxylic acids is 1. The summed E-state index contributed by atoms with van der Waals surface area (Å²) in [5.74, 6) is 2.24. The smallest absolute Gasteiger partial charge is 0.222 e. The van der Waals surface area contributed by atoms with Crippen LogP contribution in [0.15, 0.2) is 30.6 Å². The van der Waals surface area contributed by atoms with Crippen LogP contribution in [0.2, 0.25) is 0 Å². The summed E-state index contributed by atoms with van der Waals surface area (Å²) < 4.78 is 0. The number of hydrogen-bond donors (Lipinski definition) is 1. The number of nitrogens with one attached hydrogen (secondary N) is 1. The molecule has 1 unspecified atom stereocenters. The first-order valence-corrected chi connectivity index (χ1v) is 8.93. The lowest BCUT2D eigenvalue weighted by atomic mass is 9.93. The van der Waals surface area contributed by atoms with E-state index in [-0.39, 0.29) is 5.91 Å². The van der Waals surface area contributed by atoms with Gasteiger partial charge in [-0.25, -0.2) is 15.0 Å². The summed E-state index contributed by atoms with van der Waals surface area (Å²) in [4.78, 5) is 27.1. The predicted octanol–water partition coefficient (Wildman–Crippen LogP) is 3.11. The van der Waals surface area contributed by atoms with Gasteiger partial charge in [-0.2, -0.15) is 0 Å². The number of rotatable bonds is 5. The molecule has 132 valence electrons. The van der Waals surface area contributed by atoms with Crippen LogP contribution in [0.3, 0.4) is 0 Å². The van der Waals surface area contributed by atoms with Crippen molar-refractivity contribution in [3.05, 3.63) is 42.0 Å². The molecule has 0 radical (unpaired) electrons. The van der Waals surface area contributed by atoms with Crippen LogP contribution in [0.5, 0.6) is 0 Å². The topological polar surface area (TPSA) is 71.0 Å². The number of pyridine rings is 1. The first-order chi connectivity index (χ1) is 12.1. The Bertz CT molecular complexity index is 733. The summed E-state index contributed by atoms with van der Waals surface area (Å²) in [7, 11) is 0. The number of aryl methyl sites for hydroxylation is 1. The van der Waals surface area contributed by atoms with Gasteiger partial charge >= 0.3 is 0 Å². The highest BCUT2D eigenvalue weighted by Gasteiger charge is 2.23. The number of anilines is 2. The van der Waals surface area contributed by atoms with Crippen LogP contribution in [0.4, 0.5) is 11.6 Å². The van der Waals surface area contributed by atoms with Crippen molar-refractivity contribution in [2.75, 3.05) is 18.4 Å². The number of carbonyl (C=O) groups is 1. The van der Waals surface area contributed by atoms with Gasteiger partial charge in [-0.1, -0.05) is 13.0 Å². The largest absolute Gasteiger partial charge is 0.342 e.